The summed E-state index contributed by atoms with van der Waals surface area (Å²) in [7, 11) is 1.67. The molecule has 0 saturated heterocycles. The molecule has 0 aliphatic carbocycles. The SMILES string of the molecule is CCOC(=O)c1ccc(NC(=S)NCCCc2ccc(OC)cc2)c(C)c1. The van der Waals surface area contributed by atoms with Gasteiger partial charge in [0.2, 0.25) is 0 Å². The molecule has 0 amide bonds. The number of carbonyl (C=O) groups excluding carboxylic acids is 1. The van der Waals surface area contributed by atoms with Crippen LogP contribution in [0.25, 0.3) is 0 Å². The summed E-state index contributed by atoms with van der Waals surface area (Å²) in [4.78, 5) is 11.8. The lowest BCUT2D eigenvalue weighted by Gasteiger charge is -2.13. The molecule has 0 unspecified atom stereocenters. The Hall–Kier alpha value is -2.60. The van der Waals surface area contributed by atoms with E-state index >= 15 is 0 Å². The summed E-state index contributed by atoms with van der Waals surface area (Å²) in [6.07, 6.45) is 1.93. The first-order chi connectivity index (χ1) is 13.0. The normalized spacial score (nSPS) is 10.2. The molecular formula is C21H26N2O3S. The third-order valence-electron chi connectivity index (χ3n) is 4.07. The lowest BCUT2D eigenvalue weighted by Crippen LogP contribution is -2.29. The van der Waals surface area contributed by atoms with Crippen molar-refractivity contribution in [1.29, 1.82) is 0 Å². The molecule has 0 saturated carbocycles. The molecule has 0 radical (unpaired) electrons. The maximum Gasteiger partial charge on any atom is 0.338 e. The molecule has 0 aliphatic heterocycles. The van der Waals surface area contributed by atoms with Gasteiger partial charge in [-0.15, -0.1) is 0 Å². The van der Waals surface area contributed by atoms with Crippen LogP contribution in [-0.2, 0) is 11.2 Å². The van der Waals surface area contributed by atoms with E-state index in [0.29, 0.717) is 17.3 Å². The number of methoxy groups -OCH3 is 1. The van der Waals surface area contributed by atoms with Crippen molar-refractivity contribution in [3.63, 3.8) is 0 Å². The highest BCUT2D eigenvalue weighted by Crippen LogP contribution is 2.17. The van der Waals surface area contributed by atoms with Crippen LogP contribution in [0.4, 0.5) is 5.69 Å². The van der Waals surface area contributed by atoms with Gasteiger partial charge >= 0.3 is 5.97 Å². The van der Waals surface area contributed by atoms with Gasteiger partial charge in [0.15, 0.2) is 5.11 Å². The van der Waals surface area contributed by atoms with Gasteiger partial charge in [-0.2, -0.15) is 0 Å². The van der Waals surface area contributed by atoms with Crippen LogP contribution in [0.15, 0.2) is 42.5 Å². The Labute approximate surface area is 166 Å². The zero-order valence-electron chi connectivity index (χ0n) is 16.0. The minimum Gasteiger partial charge on any atom is -0.497 e. The third kappa shape index (κ3) is 6.57. The monoisotopic (exact) mass is 386 g/mol. The Morgan fingerprint density at radius 1 is 1.15 bits per heavy atom. The van der Waals surface area contributed by atoms with Gasteiger partial charge in [0, 0.05) is 12.2 Å². The molecular weight excluding hydrogens is 360 g/mol. The second kappa shape index (κ2) is 10.5. The van der Waals surface area contributed by atoms with Gasteiger partial charge in [-0.3, -0.25) is 0 Å². The first kappa shape index (κ1) is 20.7. The quantitative estimate of drug-likeness (QED) is 0.405. The first-order valence-corrected chi connectivity index (χ1v) is 9.40. The second-order valence-electron chi connectivity index (χ2n) is 6.08. The smallest absolute Gasteiger partial charge is 0.338 e. The van der Waals surface area contributed by atoms with Gasteiger partial charge in [-0.1, -0.05) is 12.1 Å². The maximum atomic E-state index is 11.8. The van der Waals surface area contributed by atoms with Gasteiger partial charge in [0.1, 0.15) is 5.75 Å². The number of nitrogens with one attached hydrogen (secondary N) is 2. The fourth-order valence-electron chi connectivity index (χ4n) is 2.60. The standard InChI is InChI=1S/C21H26N2O3S/c1-4-26-20(24)17-9-12-19(15(2)14-17)23-21(27)22-13-5-6-16-7-10-18(25-3)11-8-16/h7-12,14H,4-6,13H2,1-3H3,(H2,22,23,27). The maximum absolute atomic E-state index is 11.8. The van der Waals surface area contributed by atoms with E-state index in [4.69, 9.17) is 21.7 Å². The first-order valence-electron chi connectivity index (χ1n) is 8.99. The fraction of sp³-hybridized carbons (Fsp3) is 0.333. The number of benzene rings is 2. The van der Waals surface area contributed by atoms with Crippen LogP contribution in [-0.4, -0.2) is 31.3 Å². The zero-order valence-corrected chi connectivity index (χ0v) is 16.8. The Morgan fingerprint density at radius 2 is 1.89 bits per heavy atom. The number of ether oxygens (including phenoxy) is 2. The fourth-order valence-corrected chi connectivity index (χ4v) is 2.81. The van der Waals surface area contributed by atoms with Crippen LogP contribution in [0.1, 0.15) is 34.8 Å². The Morgan fingerprint density at radius 3 is 2.52 bits per heavy atom. The Bertz CT molecular complexity index is 775. The van der Waals surface area contributed by atoms with Crippen molar-refractivity contribution in [1.82, 2.24) is 5.32 Å². The highest BCUT2D eigenvalue weighted by molar-refractivity contribution is 7.80. The van der Waals surface area contributed by atoms with Crippen LogP contribution < -0.4 is 15.4 Å². The van der Waals surface area contributed by atoms with Gasteiger partial charge in [-0.05, 0) is 80.4 Å². The van der Waals surface area contributed by atoms with E-state index < -0.39 is 0 Å². The number of hydrogen-bond acceptors (Lipinski definition) is 4. The van der Waals surface area contributed by atoms with Crippen molar-refractivity contribution >= 4 is 29.0 Å². The van der Waals surface area contributed by atoms with Crippen molar-refractivity contribution in [3.8, 4) is 5.75 Å². The van der Waals surface area contributed by atoms with Crippen LogP contribution in [0.2, 0.25) is 0 Å². The van der Waals surface area contributed by atoms with E-state index in [2.05, 4.69) is 22.8 Å². The lowest BCUT2D eigenvalue weighted by atomic mass is 10.1. The molecule has 0 atom stereocenters. The minimum atomic E-state index is -0.314. The van der Waals surface area contributed by atoms with E-state index in [1.807, 2.05) is 25.1 Å². The number of anilines is 1. The molecule has 2 N–H and O–H groups in total. The predicted molar refractivity (Wildman–Crippen MR) is 113 cm³/mol. The van der Waals surface area contributed by atoms with Gasteiger partial charge in [0.25, 0.3) is 0 Å². The molecule has 144 valence electrons. The number of carbonyl (C=O) groups is 1. The topological polar surface area (TPSA) is 59.6 Å². The third-order valence-corrected chi connectivity index (χ3v) is 4.32. The summed E-state index contributed by atoms with van der Waals surface area (Å²) in [6, 6.07) is 13.5. The van der Waals surface area contributed by atoms with Crippen molar-refractivity contribution in [2.45, 2.75) is 26.7 Å². The second-order valence-corrected chi connectivity index (χ2v) is 6.49. The van der Waals surface area contributed by atoms with Crippen molar-refractivity contribution in [3.05, 3.63) is 59.2 Å². The summed E-state index contributed by atoms with van der Waals surface area (Å²) in [5, 5.41) is 6.95. The van der Waals surface area contributed by atoms with Gasteiger partial charge in [0.05, 0.1) is 19.3 Å². The van der Waals surface area contributed by atoms with Crippen molar-refractivity contribution in [2.75, 3.05) is 25.6 Å². The molecule has 6 heteroatoms. The van der Waals surface area contributed by atoms with E-state index in [1.165, 1.54) is 5.56 Å². The summed E-state index contributed by atoms with van der Waals surface area (Å²) >= 11 is 5.35. The zero-order chi connectivity index (χ0) is 19.6. The molecule has 2 aromatic carbocycles. The summed E-state index contributed by atoms with van der Waals surface area (Å²) in [5.41, 5.74) is 3.61. The number of rotatable bonds is 8. The largest absolute Gasteiger partial charge is 0.497 e. The average molecular weight is 387 g/mol. The number of thiocarbonyl (C=S) groups is 1. The Kier molecular flexibility index (Phi) is 8.07. The molecule has 27 heavy (non-hydrogen) atoms. The molecule has 0 bridgehead atoms. The van der Waals surface area contributed by atoms with E-state index in [1.54, 1.807) is 26.2 Å². The van der Waals surface area contributed by atoms with Crippen LogP contribution >= 0.6 is 12.2 Å². The van der Waals surface area contributed by atoms with E-state index in [-0.39, 0.29) is 5.97 Å². The lowest BCUT2D eigenvalue weighted by molar-refractivity contribution is 0.0526. The molecule has 5 nitrogen and oxygen atoms in total. The molecule has 0 fully saturated rings. The molecule has 0 aromatic heterocycles. The van der Waals surface area contributed by atoms with Crippen LogP contribution in [0.3, 0.4) is 0 Å². The van der Waals surface area contributed by atoms with E-state index in [9.17, 15) is 4.79 Å². The van der Waals surface area contributed by atoms with Crippen molar-refractivity contribution < 1.29 is 14.3 Å². The minimum absolute atomic E-state index is 0.314. The number of hydrogen-bond donors (Lipinski definition) is 2. The number of aryl methyl sites for hydroxylation is 2. The van der Waals surface area contributed by atoms with E-state index in [0.717, 1.165) is 36.4 Å². The highest BCUT2D eigenvalue weighted by Gasteiger charge is 2.09. The van der Waals surface area contributed by atoms with Crippen LogP contribution in [0, 0.1) is 6.92 Å². The summed E-state index contributed by atoms with van der Waals surface area (Å²) in [6.45, 7) is 4.86. The highest BCUT2D eigenvalue weighted by atomic mass is 32.1. The Balaban J connectivity index is 1.77. The molecule has 0 spiro atoms. The molecule has 0 aliphatic rings. The van der Waals surface area contributed by atoms with Crippen molar-refractivity contribution in [2.24, 2.45) is 0 Å². The number of esters is 1. The average Bonchev–Trinajstić information content (AvgIpc) is 2.67. The summed E-state index contributed by atoms with van der Waals surface area (Å²) < 4.78 is 10.2. The predicted octanol–water partition coefficient (Wildman–Crippen LogP) is 4.10. The van der Waals surface area contributed by atoms with Gasteiger partial charge in [-0.25, -0.2) is 4.79 Å². The molecule has 2 rings (SSSR count). The van der Waals surface area contributed by atoms with Crippen LogP contribution in [0.5, 0.6) is 5.75 Å². The van der Waals surface area contributed by atoms with Gasteiger partial charge < -0.3 is 20.1 Å². The summed E-state index contributed by atoms with van der Waals surface area (Å²) in [5.74, 6) is 0.554. The molecule has 0 heterocycles. The molecule has 2 aromatic rings.